The molecule has 2 aromatic rings. The van der Waals surface area contributed by atoms with E-state index in [1.165, 1.54) is 13.3 Å². The Bertz CT molecular complexity index is 1140. The Balaban J connectivity index is 1.54. The molecular formula is C25H30N6O4. The molecule has 10 heteroatoms. The van der Waals surface area contributed by atoms with Crippen molar-refractivity contribution in [2.45, 2.75) is 31.7 Å². The third-order valence-electron chi connectivity index (χ3n) is 5.89. The number of methoxy groups -OCH3 is 1. The Morgan fingerprint density at radius 2 is 2.06 bits per heavy atom. The van der Waals surface area contributed by atoms with Gasteiger partial charge >= 0.3 is 0 Å². The lowest BCUT2D eigenvalue weighted by atomic mass is 10.1. The first kappa shape index (κ1) is 24.2. The number of amides is 2. The average Bonchev–Trinajstić information content (AvgIpc) is 3.70. The minimum absolute atomic E-state index is 0.0139. The number of nitrogens with two attached hydrogens (primary N) is 1. The number of rotatable bonds is 10. The van der Waals surface area contributed by atoms with Gasteiger partial charge in [0, 0.05) is 36.4 Å². The molecule has 4 rings (SSSR count). The predicted octanol–water partition coefficient (Wildman–Crippen LogP) is 2.93. The van der Waals surface area contributed by atoms with Gasteiger partial charge in [-0.25, -0.2) is 4.98 Å². The first-order valence-corrected chi connectivity index (χ1v) is 11.6. The second kappa shape index (κ2) is 11.0. The Morgan fingerprint density at radius 3 is 2.74 bits per heavy atom. The molecule has 1 atom stereocenters. The Kier molecular flexibility index (Phi) is 7.61. The van der Waals surface area contributed by atoms with Gasteiger partial charge in [-0.3, -0.25) is 9.59 Å². The molecule has 2 heterocycles. The van der Waals surface area contributed by atoms with Crippen molar-refractivity contribution in [3.8, 4) is 5.75 Å². The molecule has 0 radical (unpaired) electrons. The minimum Gasteiger partial charge on any atom is -0.494 e. The summed E-state index contributed by atoms with van der Waals surface area (Å²) in [5.41, 5.74) is 7.42. The van der Waals surface area contributed by atoms with Gasteiger partial charge in [0.05, 0.1) is 36.4 Å². The van der Waals surface area contributed by atoms with E-state index in [0.717, 1.165) is 32.3 Å². The van der Waals surface area contributed by atoms with Gasteiger partial charge in [0.2, 0.25) is 5.91 Å². The highest BCUT2D eigenvalue weighted by atomic mass is 16.5. The fourth-order valence-corrected chi connectivity index (χ4v) is 3.84. The van der Waals surface area contributed by atoms with E-state index in [1.807, 2.05) is 0 Å². The molecule has 10 nitrogen and oxygen atoms in total. The van der Waals surface area contributed by atoms with E-state index in [0.29, 0.717) is 35.1 Å². The highest BCUT2D eigenvalue weighted by molar-refractivity contribution is 6.10. The Hall–Kier alpha value is -3.92. The molecule has 0 bridgehead atoms. The minimum atomic E-state index is -0.663. The quantitative estimate of drug-likeness (QED) is 0.329. The largest absolute Gasteiger partial charge is 0.494 e. The van der Waals surface area contributed by atoms with Crippen LogP contribution in [0.15, 0.2) is 42.7 Å². The van der Waals surface area contributed by atoms with Crippen LogP contribution < -0.4 is 26.4 Å². The number of para-hydroxylation sites is 1. The number of hydrogen-bond acceptors (Lipinski definition) is 8. The maximum atomic E-state index is 12.1. The van der Waals surface area contributed by atoms with Gasteiger partial charge in [-0.1, -0.05) is 6.07 Å². The molecule has 1 saturated heterocycles. The number of carbonyl (C=O) groups is 2. The molecule has 1 aromatic carbocycles. The van der Waals surface area contributed by atoms with Crippen LogP contribution in [0, 0.1) is 11.3 Å². The van der Waals surface area contributed by atoms with Crippen LogP contribution in [0.4, 0.5) is 17.2 Å². The Labute approximate surface area is 203 Å². The monoisotopic (exact) mass is 478 g/mol. The maximum Gasteiger partial charge on any atom is 0.252 e. The second-order valence-electron chi connectivity index (χ2n) is 8.58. The van der Waals surface area contributed by atoms with Crippen molar-refractivity contribution < 1.29 is 19.1 Å². The van der Waals surface area contributed by atoms with Crippen LogP contribution in [-0.2, 0) is 9.53 Å². The smallest absolute Gasteiger partial charge is 0.252 e. The number of carbonyl (C=O) groups excluding carboxylic acids is 2. The zero-order valence-corrected chi connectivity index (χ0v) is 19.6. The lowest BCUT2D eigenvalue weighted by molar-refractivity contribution is -0.117. The summed E-state index contributed by atoms with van der Waals surface area (Å²) in [7, 11) is 1.52. The van der Waals surface area contributed by atoms with Crippen molar-refractivity contribution in [2.24, 2.45) is 11.7 Å². The molecule has 1 aliphatic heterocycles. The van der Waals surface area contributed by atoms with Crippen LogP contribution in [-0.4, -0.2) is 48.9 Å². The zero-order chi connectivity index (χ0) is 24.8. The van der Waals surface area contributed by atoms with Crippen molar-refractivity contribution in [3.05, 3.63) is 53.9 Å². The van der Waals surface area contributed by atoms with Gasteiger partial charge in [0.25, 0.3) is 5.91 Å². The summed E-state index contributed by atoms with van der Waals surface area (Å²) in [4.78, 5) is 28.3. The molecule has 1 aromatic heterocycles. The molecule has 1 saturated carbocycles. The Morgan fingerprint density at radius 1 is 1.23 bits per heavy atom. The summed E-state index contributed by atoms with van der Waals surface area (Å²) in [6, 6.07) is 7.13. The van der Waals surface area contributed by atoms with Crippen molar-refractivity contribution in [2.75, 3.05) is 31.0 Å². The topological polar surface area (TPSA) is 151 Å². The van der Waals surface area contributed by atoms with Gasteiger partial charge in [0.15, 0.2) is 5.75 Å². The lowest BCUT2D eigenvalue weighted by Gasteiger charge is -2.22. The van der Waals surface area contributed by atoms with Crippen molar-refractivity contribution >= 4 is 34.7 Å². The fourth-order valence-electron chi connectivity index (χ4n) is 3.84. The second-order valence-corrected chi connectivity index (χ2v) is 8.58. The molecule has 6 N–H and O–H groups in total. The van der Waals surface area contributed by atoms with E-state index in [-0.39, 0.29) is 29.1 Å². The van der Waals surface area contributed by atoms with Crippen LogP contribution in [0.25, 0.3) is 0 Å². The van der Waals surface area contributed by atoms with Gasteiger partial charge in [0.1, 0.15) is 5.82 Å². The highest BCUT2D eigenvalue weighted by Crippen LogP contribution is 2.34. The third kappa shape index (κ3) is 6.15. The van der Waals surface area contributed by atoms with E-state index < -0.39 is 5.91 Å². The number of primary amides is 1. The van der Waals surface area contributed by atoms with Crippen molar-refractivity contribution in [1.29, 1.82) is 5.41 Å². The van der Waals surface area contributed by atoms with E-state index in [9.17, 15) is 9.59 Å². The van der Waals surface area contributed by atoms with Gasteiger partial charge in [-0.15, -0.1) is 0 Å². The van der Waals surface area contributed by atoms with E-state index in [2.05, 4.69) is 20.9 Å². The molecule has 0 spiro atoms. The highest BCUT2D eigenvalue weighted by Gasteiger charge is 2.30. The van der Waals surface area contributed by atoms with Crippen LogP contribution in [0.2, 0.25) is 0 Å². The van der Waals surface area contributed by atoms with E-state index >= 15 is 0 Å². The summed E-state index contributed by atoms with van der Waals surface area (Å²) in [5.74, 6) is 0.00373. The van der Waals surface area contributed by atoms with Gasteiger partial charge in [-0.05, 0) is 50.1 Å². The standard InChI is InChI=1S/C25H30N6O4/c1-34-23-17(19(26)9-10-28-16-4-3-11-35-14-16)5-2-6-20(23)30-21-12-22(29-13-18(21)24(27)32)31-25(33)15-7-8-15/h2,5-6,9-10,12-13,15-16,26,28H,3-4,7-8,11,14H2,1H3,(H2,27,32)(H2,29,30,31,33)/b10-9-,26-19?. The number of aromatic nitrogens is 1. The molecule has 184 valence electrons. The molecule has 35 heavy (non-hydrogen) atoms. The first-order chi connectivity index (χ1) is 17.0. The number of ether oxygens (including phenoxy) is 2. The third-order valence-corrected chi connectivity index (χ3v) is 5.89. The van der Waals surface area contributed by atoms with Crippen LogP contribution in [0.1, 0.15) is 41.6 Å². The van der Waals surface area contributed by atoms with Crippen LogP contribution >= 0.6 is 0 Å². The molecule has 1 unspecified atom stereocenters. The predicted molar refractivity (Wildman–Crippen MR) is 133 cm³/mol. The number of nitrogens with zero attached hydrogens (tertiary/aromatic N) is 1. The van der Waals surface area contributed by atoms with E-state index in [1.54, 1.807) is 36.5 Å². The zero-order valence-electron chi connectivity index (χ0n) is 19.6. The normalized spacial score (nSPS) is 17.6. The molecule has 2 amide bonds. The molecule has 2 aliphatic rings. The number of allylic oxidation sites excluding steroid dienone is 1. The number of pyridine rings is 1. The number of anilines is 3. The summed E-state index contributed by atoms with van der Waals surface area (Å²) in [6.07, 6.45) is 8.52. The summed E-state index contributed by atoms with van der Waals surface area (Å²) < 4.78 is 11.1. The number of nitrogens with one attached hydrogen (secondary N) is 4. The number of hydrogen-bond donors (Lipinski definition) is 5. The fraction of sp³-hybridized carbons (Fsp3) is 0.360. The maximum absolute atomic E-state index is 12.1. The lowest BCUT2D eigenvalue weighted by Crippen LogP contribution is -2.33. The first-order valence-electron chi connectivity index (χ1n) is 11.6. The van der Waals surface area contributed by atoms with Gasteiger partial charge in [-0.2, -0.15) is 0 Å². The molecule has 2 fully saturated rings. The SMILES string of the molecule is COc1c(Nc2cc(NC(=O)C3CC3)ncc2C(N)=O)cccc1C(=N)/C=C\NC1CCCOC1. The van der Waals surface area contributed by atoms with Crippen molar-refractivity contribution in [1.82, 2.24) is 10.3 Å². The van der Waals surface area contributed by atoms with Crippen LogP contribution in [0.5, 0.6) is 5.75 Å². The molecular weight excluding hydrogens is 448 g/mol. The summed E-state index contributed by atoms with van der Waals surface area (Å²) >= 11 is 0. The van der Waals surface area contributed by atoms with Crippen molar-refractivity contribution in [3.63, 3.8) is 0 Å². The molecule has 1 aliphatic carbocycles. The summed E-state index contributed by atoms with van der Waals surface area (Å²) in [5, 5.41) is 17.7. The number of benzene rings is 1. The van der Waals surface area contributed by atoms with Crippen LogP contribution in [0.3, 0.4) is 0 Å². The average molecular weight is 479 g/mol. The van der Waals surface area contributed by atoms with Gasteiger partial charge < -0.3 is 36.6 Å². The summed E-state index contributed by atoms with van der Waals surface area (Å²) in [6.45, 7) is 1.44. The van der Waals surface area contributed by atoms with E-state index in [4.69, 9.17) is 20.6 Å².